The predicted molar refractivity (Wildman–Crippen MR) is 103 cm³/mol. The van der Waals surface area contributed by atoms with Gasteiger partial charge in [0, 0.05) is 26.2 Å². The molecule has 1 aromatic carbocycles. The smallest absolute Gasteiger partial charge is 0.338 e. The molecule has 0 spiro atoms. The number of rotatable bonds is 4. The summed E-state index contributed by atoms with van der Waals surface area (Å²) in [6.45, 7) is 2.26. The van der Waals surface area contributed by atoms with Crippen LogP contribution in [0.1, 0.15) is 20.7 Å². The fraction of sp³-hybridized carbons (Fsp3) is 0.263. The molecule has 1 aliphatic heterocycles. The number of methoxy groups -OCH3 is 1. The maximum Gasteiger partial charge on any atom is 0.338 e. The summed E-state index contributed by atoms with van der Waals surface area (Å²) in [5.41, 5.74) is 0.627. The molecule has 2 aromatic heterocycles. The number of benzene rings is 1. The van der Waals surface area contributed by atoms with E-state index >= 15 is 0 Å². The van der Waals surface area contributed by atoms with Gasteiger partial charge in [-0.15, -0.1) is 10.2 Å². The Hall–Kier alpha value is -3.82. The summed E-state index contributed by atoms with van der Waals surface area (Å²) < 4.78 is 6.32. The maximum atomic E-state index is 12.9. The second-order valence-corrected chi connectivity index (χ2v) is 6.41. The third kappa shape index (κ3) is 3.77. The van der Waals surface area contributed by atoms with E-state index in [-0.39, 0.29) is 11.5 Å². The second kappa shape index (κ2) is 8.05. The van der Waals surface area contributed by atoms with E-state index < -0.39 is 5.97 Å². The van der Waals surface area contributed by atoms with Gasteiger partial charge in [0.05, 0.1) is 18.2 Å². The van der Waals surface area contributed by atoms with Crippen LogP contribution < -0.4 is 4.90 Å². The van der Waals surface area contributed by atoms with Gasteiger partial charge in [0.15, 0.2) is 11.6 Å². The van der Waals surface area contributed by atoms with Crippen LogP contribution in [0.2, 0.25) is 0 Å². The van der Waals surface area contributed by atoms with Crippen LogP contribution in [0.25, 0.3) is 5.82 Å². The molecule has 4 rings (SSSR count). The van der Waals surface area contributed by atoms with Gasteiger partial charge in [-0.3, -0.25) is 4.79 Å². The molecule has 0 bridgehead atoms. The van der Waals surface area contributed by atoms with E-state index in [9.17, 15) is 9.59 Å². The number of nitrogens with zero attached hydrogens (tertiary/aromatic N) is 7. The van der Waals surface area contributed by atoms with Gasteiger partial charge in [-0.2, -0.15) is 5.10 Å². The lowest BCUT2D eigenvalue weighted by Gasteiger charge is -2.35. The Kier molecular flexibility index (Phi) is 5.14. The Balaban J connectivity index is 1.42. The summed E-state index contributed by atoms with van der Waals surface area (Å²) in [5.74, 6) is 0.615. The first-order valence-corrected chi connectivity index (χ1v) is 9.07. The Morgan fingerprint density at radius 1 is 0.931 bits per heavy atom. The van der Waals surface area contributed by atoms with Crippen molar-refractivity contribution in [1.29, 1.82) is 0 Å². The van der Waals surface area contributed by atoms with Crippen LogP contribution >= 0.6 is 0 Å². The number of esters is 1. The molecule has 1 amide bonds. The summed E-state index contributed by atoms with van der Waals surface area (Å²) in [6.07, 6.45) is 2.99. The minimum atomic E-state index is -0.518. The molecule has 1 aliphatic rings. The highest BCUT2D eigenvalue weighted by Gasteiger charge is 2.26. The van der Waals surface area contributed by atoms with Crippen LogP contribution in [0, 0.1) is 0 Å². The average Bonchev–Trinajstić information content (AvgIpc) is 3.33. The fourth-order valence-electron chi connectivity index (χ4n) is 3.20. The molecule has 29 heavy (non-hydrogen) atoms. The lowest BCUT2D eigenvalue weighted by atomic mass is 10.1. The first kappa shape index (κ1) is 18.5. The number of hydrogen-bond donors (Lipinski definition) is 0. The first-order chi connectivity index (χ1) is 14.2. The van der Waals surface area contributed by atoms with Crippen molar-refractivity contribution in [3.05, 3.63) is 60.2 Å². The Morgan fingerprint density at radius 3 is 2.24 bits per heavy atom. The topological polar surface area (TPSA) is 106 Å². The fourth-order valence-corrected chi connectivity index (χ4v) is 3.20. The average molecular weight is 393 g/mol. The van der Waals surface area contributed by atoms with E-state index in [4.69, 9.17) is 4.74 Å². The summed E-state index contributed by atoms with van der Waals surface area (Å²) >= 11 is 0. The summed E-state index contributed by atoms with van der Waals surface area (Å²) in [6, 6.07) is 10.4. The minimum Gasteiger partial charge on any atom is -0.465 e. The molecule has 10 heteroatoms. The Morgan fingerprint density at radius 2 is 1.62 bits per heavy atom. The van der Waals surface area contributed by atoms with Gasteiger partial charge in [0.2, 0.25) is 0 Å². The zero-order valence-corrected chi connectivity index (χ0v) is 15.8. The molecule has 148 valence electrons. The molecule has 0 N–H and O–H groups in total. The number of amides is 1. The number of ether oxygens (including phenoxy) is 1. The number of carbonyl (C=O) groups is 2. The predicted octanol–water partition coefficient (Wildman–Crippen LogP) is 0.806. The monoisotopic (exact) mass is 393 g/mol. The van der Waals surface area contributed by atoms with Crippen LogP contribution in [0.4, 0.5) is 5.82 Å². The zero-order valence-electron chi connectivity index (χ0n) is 15.8. The quantitative estimate of drug-likeness (QED) is 0.600. The number of carbonyl (C=O) groups excluding carboxylic acids is 2. The summed E-state index contributed by atoms with van der Waals surface area (Å²) in [5, 5.41) is 12.5. The number of anilines is 1. The molecule has 1 saturated heterocycles. The standard InChI is InChI=1S/C19H19N7O3/c1-29-19(28)15-5-3-2-4-14(15)18(27)25-10-8-24(9-11-25)16-6-7-17(23-22-16)26-13-20-12-21-26/h2-7,12-13H,8-11H2,1H3. The molecule has 0 unspecified atom stereocenters. The highest BCUT2D eigenvalue weighted by atomic mass is 16.5. The molecule has 0 aliphatic carbocycles. The van der Waals surface area contributed by atoms with Crippen LogP contribution in [-0.4, -0.2) is 75.0 Å². The largest absolute Gasteiger partial charge is 0.465 e. The van der Waals surface area contributed by atoms with Crippen molar-refractivity contribution in [2.45, 2.75) is 0 Å². The van der Waals surface area contributed by atoms with Gasteiger partial charge in [0.25, 0.3) is 5.91 Å². The third-order valence-corrected chi connectivity index (χ3v) is 4.74. The molecule has 0 radical (unpaired) electrons. The van der Waals surface area contributed by atoms with Gasteiger partial charge in [-0.05, 0) is 24.3 Å². The summed E-state index contributed by atoms with van der Waals surface area (Å²) in [4.78, 5) is 32.5. The lowest BCUT2D eigenvalue weighted by molar-refractivity contribution is 0.0589. The summed E-state index contributed by atoms with van der Waals surface area (Å²) in [7, 11) is 1.30. The number of hydrogen-bond acceptors (Lipinski definition) is 8. The van der Waals surface area contributed by atoms with Crippen molar-refractivity contribution in [2.24, 2.45) is 0 Å². The normalized spacial score (nSPS) is 14.0. The SMILES string of the molecule is COC(=O)c1ccccc1C(=O)N1CCN(c2ccc(-n3cncn3)nn2)CC1. The first-order valence-electron chi connectivity index (χ1n) is 9.07. The van der Waals surface area contributed by atoms with E-state index in [0.29, 0.717) is 37.6 Å². The lowest BCUT2D eigenvalue weighted by Crippen LogP contribution is -2.49. The molecule has 1 fully saturated rings. The van der Waals surface area contributed by atoms with Crippen molar-refractivity contribution in [3.8, 4) is 5.82 Å². The van der Waals surface area contributed by atoms with Crippen molar-refractivity contribution in [1.82, 2.24) is 29.9 Å². The Labute approximate surface area is 166 Å². The molecule has 10 nitrogen and oxygen atoms in total. The molecule has 3 aromatic rings. The van der Waals surface area contributed by atoms with Gasteiger partial charge < -0.3 is 14.5 Å². The van der Waals surface area contributed by atoms with E-state index in [1.165, 1.54) is 18.1 Å². The van der Waals surface area contributed by atoms with E-state index in [2.05, 4.69) is 25.2 Å². The molecular formula is C19H19N7O3. The van der Waals surface area contributed by atoms with Crippen molar-refractivity contribution in [3.63, 3.8) is 0 Å². The van der Waals surface area contributed by atoms with E-state index in [1.54, 1.807) is 35.5 Å². The molecule has 0 atom stereocenters. The van der Waals surface area contributed by atoms with Gasteiger partial charge in [0.1, 0.15) is 12.7 Å². The second-order valence-electron chi connectivity index (χ2n) is 6.41. The Bertz CT molecular complexity index is 997. The highest BCUT2D eigenvalue weighted by molar-refractivity contribution is 6.05. The van der Waals surface area contributed by atoms with Crippen molar-refractivity contribution < 1.29 is 14.3 Å². The number of piperazine rings is 1. The number of aromatic nitrogens is 5. The maximum absolute atomic E-state index is 12.9. The molecule has 0 saturated carbocycles. The van der Waals surface area contributed by atoms with Gasteiger partial charge >= 0.3 is 5.97 Å². The van der Waals surface area contributed by atoms with Gasteiger partial charge in [-0.25, -0.2) is 14.5 Å². The van der Waals surface area contributed by atoms with Crippen molar-refractivity contribution >= 4 is 17.7 Å². The van der Waals surface area contributed by atoms with Crippen LogP contribution in [0.5, 0.6) is 0 Å². The van der Waals surface area contributed by atoms with E-state index in [0.717, 1.165) is 5.82 Å². The molecule has 3 heterocycles. The van der Waals surface area contributed by atoms with Crippen LogP contribution in [-0.2, 0) is 4.74 Å². The molecular weight excluding hydrogens is 374 g/mol. The van der Waals surface area contributed by atoms with E-state index in [1.807, 2.05) is 12.1 Å². The van der Waals surface area contributed by atoms with Crippen molar-refractivity contribution in [2.75, 3.05) is 38.2 Å². The van der Waals surface area contributed by atoms with Crippen LogP contribution in [0.3, 0.4) is 0 Å². The zero-order chi connectivity index (χ0) is 20.2. The van der Waals surface area contributed by atoms with Gasteiger partial charge in [-0.1, -0.05) is 12.1 Å². The van der Waals surface area contributed by atoms with Crippen LogP contribution in [0.15, 0.2) is 49.1 Å². The minimum absolute atomic E-state index is 0.182. The highest BCUT2D eigenvalue weighted by Crippen LogP contribution is 2.17. The third-order valence-electron chi connectivity index (χ3n) is 4.74.